The minimum atomic E-state index is -0.890. The number of carbonyl (C=O) groups is 2. The Balaban J connectivity index is 1.63. The highest BCUT2D eigenvalue weighted by molar-refractivity contribution is 5.76. The van der Waals surface area contributed by atoms with Gasteiger partial charge in [0, 0.05) is 37.1 Å². The van der Waals surface area contributed by atoms with Crippen LogP contribution < -0.4 is 0 Å². The molecule has 2 saturated carbocycles. The molecule has 4 aliphatic rings. The lowest BCUT2D eigenvalue weighted by molar-refractivity contribution is -0.152. The minimum Gasteiger partial charge on any atom is -0.462 e. The van der Waals surface area contributed by atoms with Crippen LogP contribution in [0.2, 0.25) is 0 Å². The first-order valence-electron chi connectivity index (χ1n) is 11.2. The summed E-state index contributed by atoms with van der Waals surface area (Å²) in [5.74, 6) is -1.43. The number of rotatable bonds is 3. The number of likely N-dealkylation sites (tertiary alicyclic amines) is 1. The van der Waals surface area contributed by atoms with Gasteiger partial charge in [0.05, 0.1) is 18.1 Å². The molecule has 0 aromatic carbocycles. The standard InChI is InChI=1S/C22H35NO6/c1-12-9-15-18(14(21(27)29-15)11-23-7-5-4-6-8-23)20(26)22(3)17(25)10-16(19(12)22)28-13(2)24/h12,14-20,25-26H,4-11H2,1-3H3/t12-,14+,15+,16+,17+,18-,19+,20+,22-/m1/s1. The van der Waals surface area contributed by atoms with Crippen LogP contribution in [0.4, 0.5) is 0 Å². The molecule has 7 heteroatoms. The molecule has 164 valence electrons. The third kappa shape index (κ3) is 3.49. The van der Waals surface area contributed by atoms with Gasteiger partial charge in [-0.3, -0.25) is 9.59 Å². The van der Waals surface area contributed by atoms with E-state index in [0.717, 1.165) is 25.9 Å². The minimum absolute atomic E-state index is 0.0488. The van der Waals surface area contributed by atoms with Crippen molar-refractivity contribution in [2.75, 3.05) is 19.6 Å². The zero-order chi connectivity index (χ0) is 20.9. The second kappa shape index (κ2) is 7.82. The van der Waals surface area contributed by atoms with Gasteiger partial charge < -0.3 is 24.6 Å². The molecule has 2 aliphatic heterocycles. The molecule has 2 saturated heterocycles. The summed E-state index contributed by atoms with van der Waals surface area (Å²) in [4.78, 5) is 26.7. The van der Waals surface area contributed by atoms with Crippen molar-refractivity contribution in [2.24, 2.45) is 29.1 Å². The molecule has 0 amide bonds. The Morgan fingerprint density at radius 2 is 1.93 bits per heavy atom. The monoisotopic (exact) mass is 409 g/mol. The summed E-state index contributed by atoms with van der Waals surface area (Å²) in [6.07, 6.45) is 1.98. The number of fused-ring (bicyclic) bond motifs is 2. The highest BCUT2D eigenvalue weighted by atomic mass is 16.6. The van der Waals surface area contributed by atoms with Gasteiger partial charge in [-0.1, -0.05) is 20.3 Å². The SMILES string of the molecule is CC(=O)O[C@H]1C[C@H](O)[C@]2(C)[C@H]1[C@H](C)C[C@@H]1OC(=O)[C@@H](CN3CCCCC3)[C@H]1[C@@H]2O. The molecule has 0 radical (unpaired) electrons. The maximum absolute atomic E-state index is 12.8. The molecular weight excluding hydrogens is 374 g/mol. The van der Waals surface area contributed by atoms with Crippen LogP contribution in [-0.4, -0.2) is 71.1 Å². The lowest BCUT2D eigenvalue weighted by Crippen LogP contribution is -2.51. The number of piperidine rings is 1. The Kier molecular flexibility index (Phi) is 5.68. The number of carbonyl (C=O) groups excluding carboxylic acids is 2. The van der Waals surface area contributed by atoms with Gasteiger partial charge in [-0.05, 0) is 38.3 Å². The Morgan fingerprint density at radius 3 is 2.59 bits per heavy atom. The zero-order valence-corrected chi connectivity index (χ0v) is 17.8. The predicted octanol–water partition coefficient (Wildman–Crippen LogP) is 1.35. The van der Waals surface area contributed by atoms with Crippen LogP contribution in [0.3, 0.4) is 0 Å². The third-order valence-corrected chi connectivity index (χ3v) is 8.20. The summed E-state index contributed by atoms with van der Waals surface area (Å²) in [7, 11) is 0. The number of ether oxygens (including phenoxy) is 2. The van der Waals surface area contributed by atoms with Crippen molar-refractivity contribution in [2.45, 2.75) is 77.3 Å². The summed E-state index contributed by atoms with van der Waals surface area (Å²) in [5.41, 5.74) is -0.840. The smallest absolute Gasteiger partial charge is 0.311 e. The average molecular weight is 410 g/mol. The molecule has 0 unspecified atom stereocenters. The summed E-state index contributed by atoms with van der Waals surface area (Å²) in [5, 5.41) is 22.6. The number of hydrogen-bond donors (Lipinski definition) is 2. The molecule has 0 bridgehead atoms. The van der Waals surface area contributed by atoms with E-state index < -0.39 is 23.7 Å². The largest absolute Gasteiger partial charge is 0.462 e. The summed E-state index contributed by atoms with van der Waals surface area (Å²) < 4.78 is 11.3. The van der Waals surface area contributed by atoms with Gasteiger partial charge in [0.2, 0.25) is 0 Å². The molecule has 2 aliphatic carbocycles. The van der Waals surface area contributed by atoms with E-state index in [0.29, 0.717) is 19.4 Å². The van der Waals surface area contributed by atoms with Gasteiger partial charge in [-0.15, -0.1) is 0 Å². The fourth-order valence-electron chi connectivity index (χ4n) is 6.86. The van der Waals surface area contributed by atoms with Gasteiger partial charge in [-0.25, -0.2) is 0 Å². The Hall–Kier alpha value is -1.18. The van der Waals surface area contributed by atoms with Crippen molar-refractivity contribution in [3.8, 4) is 0 Å². The van der Waals surface area contributed by atoms with E-state index >= 15 is 0 Å². The van der Waals surface area contributed by atoms with Gasteiger partial charge in [0.15, 0.2) is 0 Å². The van der Waals surface area contributed by atoms with E-state index in [1.807, 2.05) is 6.92 Å². The van der Waals surface area contributed by atoms with Crippen molar-refractivity contribution in [3.63, 3.8) is 0 Å². The number of hydrogen-bond acceptors (Lipinski definition) is 7. The Morgan fingerprint density at radius 1 is 1.24 bits per heavy atom. The van der Waals surface area contributed by atoms with Crippen molar-refractivity contribution < 1.29 is 29.3 Å². The van der Waals surface area contributed by atoms with E-state index in [2.05, 4.69) is 11.8 Å². The summed E-state index contributed by atoms with van der Waals surface area (Å²) in [6, 6.07) is 0. The number of aliphatic hydroxyl groups is 2. The van der Waals surface area contributed by atoms with E-state index in [1.165, 1.54) is 13.3 Å². The van der Waals surface area contributed by atoms with Gasteiger partial charge in [0.25, 0.3) is 0 Å². The van der Waals surface area contributed by atoms with E-state index in [-0.39, 0.29) is 41.7 Å². The maximum atomic E-state index is 12.8. The first-order chi connectivity index (χ1) is 13.7. The molecule has 0 aromatic rings. The van der Waals surface area contributed by atoms with Crippen LogP contribution in [0, 0.1) is 29.1 Å². The van der Waals surface area contributed by atoms with Crippen LogP contribution in [0.25, 0.3) is 0 Å². The first-order valence-corrected chi connectivity index (χ1v) is 11.2. The van der Waals surface area contributed by atoms with Gasteiger partial charge in [0.1, 0.15) is 12.2 Å². The highest BCUT2D eigenvalue weighted by Gasteiger charge is 2.65. The fraction of sp³-hybridized carbons (Fsp3) is 0.909. The van der Waals surface area contributed by atoms with Crippen molar-refractivity contribution >= 4 is 11.9 Å². The van der Waals surface area contributed by atoms with Crippen LogP contribution in [-0.2, 0) is 19.1 Å². The second-order valence-electron chi connectivity index (χ2n) is 9.97. The molecule has 2 N–H and O–H groups in total. The molecule has 0 aromatic heterocycles. The van der Waals surface area contributed by atoms with Crippen LogP contribution in [0.15, 0.2) is 0 Å². The molecular formula is C22H35NO6. The van der Waals surface area contributed by atoms with Gasteiger partial charge in [-0.2, -0.15) is 0 Å². The van der Waals surface area contributed by atoms with Crippen LogP contribution >= 0.6 is 0 Å². The van der Waals surface area contributed by atoms with E-state index in [1.54, 1.807) is 0 Å². The molecule has 4 fully saturated rings. The van der Waals surface area contributed by atoms with Crippen molar-refractivity contribution in [1.82, 2.24) is 4.90 Å². The van der Waals surface area contributed by atoms with Crippen molar-refractivity contribution in [3.05, 3.63) is 0 Å². The predicted molar refractivity (Wildman–Crippen MR) is 105 cm³/mol. The topological polar surface area (TPSA) is 96.3 Å². The first kappa shape index (κ1) is 21.1. The highest BCUT2D eigenvalue weighted by Crippen LogP contribution is 2.58. The van der Waals surface area contributed by atoms with Crippen LogP contribution in [0.1, 0.15) is 52.9 Å². The van der Waals surface area contributed by atoms with E-state index in [4.69, 9.17) is 9.47 Å². The fourth-order valence-corrected chi connectivity index (χ4v) is 6.86. The zero-order valence-electron chi connectivity index (χ0n) is 17.8. The number of nitrogens with zero attached hydrogens (tertiary/aromatic N) is 1. The number of aliphatic hydroxyl groups excluding tert-OH is 2. The second-order valence-corrected chi connectivity index (χ2v) is 9.97. The molecule has 2 heterocycles. The third-order valence-electron chi connectivity index (χ3n) is 8.20. The molecule has 9 atom stereocenters. The summed E-state index contributed by atoms with van der Waals surface area (Å²) in [6.45, 7) is 7.89. The molecule has 29 heavy (non-hydrogen) atoms. The maximum Gasteiger partial charge on any atom is 0.311 e. The normalized spacial score (nSPS) is 47.8. The lowest BCUT2D eigenvalue weighted by atomic mass is 9.66. The molecule has 0 spiro atoms. The van der Waals surface area contributed by atoms with Crippen LogP contribution in [0.5, 0.6) is 0 Å². The summed E-state index contributed by atoms with van der Waals surface area (Å²) >= 11 is 0. The molecule has 4 rings (SSSR count). The molecule has 7 nitrogen and oxygen atoms in total. The van der Waals surface area contributed by atoms with Gasteiger partial charge >= 0.3 is 11.9 Å². The average Bonchev–Trinajstić information content (AvgIpc) is 3.06. The Labute approximate surface area is 172 Å². The number of esters is 2. The quantitative estimate of drug-likeness (QED) is 0.679. The Bertz CT molecular complexity index is 649. The van der Waals surface area contributed by atoms with Crippen molar-refractivity contribution in [1.29, 1.82) is 0 Å². The van der Waals surface area contributed by atoms with E-state index in [9.17, 15) is 19.8 Å². The lowest BCUT2D eigenvalue weighted by Gasteiger charge is -2.42.